The van der Waals surface area contributed by atoms with Gasteiger partial charge in [-0.25, -0.2) is 0 Å². The molecule has 2 saturated heterocycles. The lowest BCUT2D eigenvalue weighted by molar-refractivity contribution is -0.281. The van der Waals surface area contributed by atoms with Crippen molar-refractivity contribution in [2.45, 2.75) is 88.0 Å². The van der Waals surface area contributed by atoms with Crippen LogP contribution in [0.1, 0.15) is 88.1 Å². The number of aromatic hydroxyl groups is 2. The highest BCUT2D eigenvalue weighted by Gasteiger charge is 2.50. The normalized spacial score (nSPS) is 31.1. The van der Waals surface area contributed by atoms with Gasteiger partial charge >= 0.3 is 0 Å². The van der Waals surface area contributed by atoms with Crippen LogP contribution in [0.3, 0.4) is 0 Å². The van der Waals surface area contributed by atoms with Crippen LogP contribution in [0.5, 0.6) is 17.2 Å². The number of phenols is 2. The van der Waals surface area contributed by atoms with Gasteiger partial charge in [-0.15, -0.1) is 0 Å². The van der Waals surface area contributed by atoms with Crippen molar-refractivity contribution in [1.82, 2.24) is 0 Å². The van der Waals surface area contributed by atoms with E-state index in [1.165, 1.54) is 25.3 Å². The highest BCUT2D eigenvalue weighted by Crippen LogP contribution is 2.52. The highest BCUT2D eigenvalue weighted by atomic mass is 16.7. The van der Waals surface area contributed by atoms with Crippen molar-refractivity contribution in [3.8, 4) is 17.2 Å². The number of rotatable bonds is 7. The summed E-state index contributed by atoms with van der Waals surface area (Å²) >= 11 is 0. The Morgan fingerprint density at radius 3 is 2.49 bits per heavy atom. The van der Waals surface area contributed by atoms with Crippen LogP contribution in [0.4, 0.5) is 0 Å². The van der Waals surface area contributed by atoms with Crippen molar-refractivity contribution in [3.63, 3.8) is 0 Å². The lowest BCUT2D eigenvalue weighted by atomic mass is 9.72. The summed E-state index contributed by atoms with van der Waals surface area (Å²) < 4.78 is 29.5. The second kappa shape index (κ2) is 12.1. The molecule has 7 atom stereocenters. The average molecular weight is 628 g/mol. The minimum absolute atomic E-state index is 0.0409. The SMILES string of the molecule is COc1cccc2c1C(=O)c1c(O)c3c(c(O)c1C2=O)C[C@](O)(C(=O)CO)C[C@@H]3O[C@@H]1C[C@H](N)[C@H](O[C@@H]2CCCCO2)[C@@H](C)O1. The van der Waals surface area contributed by atoms with Crippen molar-refractivity contribution >= 4 is 17.3 Å². The third-order valence-corrected chi connectivity index (χ3v) is 9.22. The molecule has 2 fully saturated rings. The number of Topliss-reactive ketones (excluding diaryl/α,β-unsaturated/α-hetero) is 1. The molecule has 242 valence electrons. The zero-order valence-electron chi connectivity index (χ0n) is 25.0. The summed E-state index contributed by atoms with van der Waals surface area (Å²) in [7, 11) is 1.34. The number of benzene rings is 2. The second-order valence-electron chi connectivity index (χ2n) is 12.1. The van der Waals surface area contributed by atoms with E-state index >= 15 is 0 Å². The smallest absolute Gasteiger partial charge is 0.202 e. The first-order chi connectivity index (χ1) is 21.5. The molecule has 0 saturated carbocycles. The lowest BCUT2D eigenvalue weighted by Crippen LogP contribution is -2.55. The third kappa shape index (κ3) is 5.31. The fourth-order valence-electron chi connectivity index (χ4n) is 6.95. The number of nitrogens with two attached hydrogens (primary N) is 1. The third-order valence-electron chi connectivity index (χ3n) is 9.22. The number of phenolic OH excluding ortho intramolecular Hbond substituents is 2. The molecular formula is C32H37NO12. The van der Waals surface area contributed by atoms with E-state index in [9.17, 15) is 34.8 Å². The molecule has 0 amide bonds. The topological polar surface area (TPSA) is 204 Å². The fraction of sp³-hybridized carbons (Fsp3) is 0.531. The van der Waals surface area contributed by atoms with Crippen LogP contribution in [0.15, 0.2) is 18.2 Å². The molecule has 0 aromatic heterocycles. The van der Waals surface area contributed by atoms with Crippen LogP contribution >= 0.6 is 0 Å². The molecular weight excluding hydrogens is 590 g/mol. The van der Waals surface area contributed by atoms with Gasteiger partial charge in [-0.3, -0.25) is 14.4 Å². The Morgan fingerprint density at radius 1 is 1.07 bits per heavy atom. The van der Waals surface area contributed by atoms with Gasteiger partial charge in [0, 0.05) is 48.6 Å². The first-order valence-corrected chi connectivity index (χ1v) is 15.1. The van der Waals surface area contributed by atoms with Gasteiger partial charge < -0.3 is 49.8 Å². The van der Waals surface area contributed by atoms with Crippen LogP contribution in [-0.2, 0) is 30.2 Å². The molecule has 2 aromatic rings. The maximum Gasteiger partial charge on any atom is 0.202 e. The number of ether oxygens (including phenoxy) is 5. The Kier molecular flexibility index (Phi) is 8.46. The number of ketones is 3. The maximum absolute atomic E-state index is 13.8. The number of hydrogen-bond donors (Lipinski definition) is 5. The molecule has 0 radical (unpaired) electrons. The molecule has 2 aliphatic heterocycles. The molecule has 45 heavy (non-hydrogen) atoms. The molecule has 13 heteroatoms. The van der Waals surface area contributed by atoms with E-state index in [-0.39, 0.29) is 34.4 Å². The monoisotopic (exact) mass is 627 g/mol. The Bertz CT molecular complexity index is 1520. The Labute approximate surface area is 258 Å². The van der Waals surface area contributed by atoms with E-state index in [1.807, 2.05) is 0 Å². The van der Waals surface area contributed by atoms with Crippen LogP contribution < -0.4 is 10.5 Å². The number of aliphatic hydroxyl groups is 2. The number of aliphatic hydroxyl groups excluding tert-OH is 1. The molecule has 2 aromatic carbocycles. The lowest BCUT2D eigenvalue weighted by Gasteiger charge is -2.43. The van der Waals surface area contributed by atoms with Gasteiger partial charge in [-0.1, -0.05) is 12.1 Å². The summed E-state index contributed by atoms with van der Waals surface area (Å²) in [6.45, 7) is 1.35. The number of carbonyl (C=O) groups is 3. The second-order valence-corrected chi connectivity index (χ2v) is 12.1. The summed E-state index contributed by atoms with van der Waals surface area (Å²) in [5.74, 6) is -3.67. The van der Waals surface area contributed by atoms with Crippen molar-refractivity contribution in [2.24, 2.45) is 5.73 Å². The number of hydrogen-bond acceptors (Lipinski definition) is 13. The molecule has 0 spiro atoms. The molecule has 4 aliphatic rings. The predicted octanol–water partition coefficient (Wildman–Crippen LogP) is 1.55. The van der Waals surface area contributed by atoms with E-state index in [0.717, 1.165) is 19.3 Å². The van der Waals surface area contributed by atoms with Gasteiger partial charge in [0.1, 0.15) is 35.6 Å². The molecule has 6 N–H and O–H groups in total. The minimum Gasteiger partial charge on any atom is -0.507 e. The first-order valence-electron chi connectivity index (χ1n) is 15.1. The Balaban J connectivity index is 1.38. The summed E-state index contributed by atoms with van der Waals surface area (Å²) in [6, 6.07) is 3.86. The van der Waals surface area contributed by atoms with Gasteiger partial charge in [-0.2, -0.15) is 0 Å². The quantitative estimate of drug-likeness (QED) is 0.236. The predicted molar refractivity (Wildman–Crippen MR) is 154 cm³/mol. The Morgan fingerprint density at radius 2 is 1.82 bits per heavy atom. The zero-order chi connectivity index (χ0) is 32.2. The molecule has 0 bridgehead atoms. The van der Waals surface area contributed by atoms with Crippen LogP contribution in [0, 0.1) is 0 Å². The summed E-state index contributed by atoms with van der Waals surface area (Å²) in [6.07, 6.45) is -2.03. The molecule has 2 heterocycles. The maximum atomic E-state index is 13.8. The molecule has 0 unspecified atom stereocenters. The van der Waals surface area contributed by atoms with Gasteiger partial charge in [-0.05, 0) is 32.3 Å². The summed E-state index contributed by atoms with van der Waals surface area (Å²) in [4.78, 5) is 40.2. The van der Waals surface area contributed by atoms with Crippen molar-refractivity contribution in [1.29, 1.82) is 0 Å². The number of fused-ring (bicyclic) bond motifs is 3. The number of carbonyl (C=O) groups excluding carboxylic acids is 3. The fourth-order valence-corrected chi connectivity index (χ4v) is 6.95. The summed E-state index contributed by atoms with van der Waals surface area (Å²) in [5, 5.41) is 44.2. The molecule has 2 aliphatic carbocycles. The van der Waals surface area contributed by atoms with E-state index < -0.39 is 102 Å². The van der Waals surface area contributed by atoms with Gasteiger partial charge in [0.25, 0.3) is 0 Å². The summed E-state index contributed by atoms with van der Waals surface area (Å²) in [5.41, 5.74) is 2.98. The minimum atomic E-state index is -2.24. The van der Waals surface area contributed by atoms with E-state index in [1.54, 1.807) is 6.92 Å². The van der Waals surface area contributed by atoms with Crippen molar-refractivity contribution in [2.75, 3.05) is 20.3 Å². The molecule has 13 nitrogen and oxygen atoms in total. The van der Waals surface area contributed by atoms with Gasteiger partial charge in [0.05, 0.1) is 36.0 Å². The van der Waals surface area contributed by atoms with E-state index in [0.29, 0.717) is 6.61 Å². The average Bonchev–Trinajstić information content (AvgIpc) is 3.02. The largest absolute Gasteiger partial charge is 0.507 e. The highest BCUT2D eigenvalue weighted by molar-refractivity contribution is 6.31. The van der Waals surface area contributed by atoms with Crippen molar-refractivity contribution in [3.05, 3.63) is 51.6 Å². The first kappa shape index (κ1) is 31.5. The number of methoxy groups -OCH3 is 1. The van der Waals surface area contributed by atoms with E-state index in [2.05, 4.69) is 0 Å². The van der Waals surface area contributed by atoms with Crippen LogP contribution in [-0.4, -0.2) is 94.5 Å². The standard InChI is InChI=1S/C32H37NO12/c1-14-31(45-21-8-3-4-9-42-21)17(33)10-22(43-14)44-19-12-32(40,20(35)13-34)11-16-24(19)30(39)26-25(28(16)37)27(36)15-6-5-7-18(41-2)23(15)29(26)38/h5-7,14,17,19,21-22,31,34,37,39-40H,3-4,8-13,33H2,1-2H3/t14-,17+,19+,21-,22-,31-,32-/m1/s1. The van der Waals surface area contributed by atoms with Crippen LogP contribution in [0.2, 0.25) is 0 Å². The van der Waals surface area contributed by atoms with Crippen molar-refractivity contribution < 1.29 is 58.5 Å². The van der Waals surface area contributed by atoms with Gasteiger partial charge in [0.2, 0.25) is 5.78 Å². The molecule has 6 rings (SSSR count). The Hall–Kier alpha value is -3.43. The van der Waals surface area contributed by atoms with Gasteiger partial charge in [0.15, 0.2) is 24.1 Å². The van der Waals surface area contributed by atoms with Crippen LogP contribution in [0.25, 0.3) is 0 Å². The zero-order valence-corrected chi connectivity index (χ0v) is 25.0. The van der Waals surface area contributed by atoms with E-state index in [4.69, 9.17) is 29.4 Å².